The molecule has 11 atom stereocenters. The number of carbonyl (C=O) groups excluding carboxylic acids is 1. The first-order valence-corrected chi connectivity index (χ1v) is 13.7. The van der Waals surface area contributed by atoms with Crippen LogP contribution in [0.3, 0.4) is 0 Å². The van der Waals surface area contributed by atoms with Crippen LogP contribution in [0, 0.1) is 17.3 Å². The average Bonchev–Trinajstić information content (AvgIpc) is 3.08. The Morgan fingerprint density at radius 1 is 1.10 bits per heavy atom. The molecule has 3 aliphatic carbocycles. The van der Waals surface area contributed by atoms with Gasteiger partial charge in [0, 0.05) is 0 Å². The number of aliphatic hydroxyl groups excluding tert-OH is 4. The van der Waals surface area contributed by atoms with E-state index in [1.165, 1.54) is 6.07 Å². The SMILES string of the molecule is C[C@]12CC[C@@H]3c4ccc(OS(=O)(=O)[O-])cc4CC[C@H]3[C@@H]1C[C@@H](O[C@@H]1O[C@H](C(=O)[O-])[C@@H](O)[C@H](O)[C@H]1O)[C@@H]2O.[Na+].[Na+]. The second-order valence-corrected chi connectivity index (χ2v) is 11.9. The summed E-state index contributed by atoms with van der Waals surface area (Å²) in [6.07, 6.45) is -7.47. The standard InChI is InChI=1S/C24H32O12S.2Na/c1-24-7-6-13-12-5-3-11(36-37(31,32)33)8-10(12)2-4-14(13)15(24)9-16(21(24)28)34-23-19(27)17(25)18(26)20(35-23)22(29)30;;/h3,5,8,13-21,23,25-28H,2,4,6-7,9H2,1H3,(H,29,30)(H,31,32,33);;/q;2*+1/p-2/t13-,14-,15+,16-,17+,18+,19-,20+,21+,23-,24+;;/m1../s1. The Bertz CT molecular complexity index is 1170. The van der Waals surface area contributed by atoms with Gasteiger partial charge in [-0.05, 0) is 78.5 Å². The van der Waals surface area contributed by atoms with Crippen molar-refractivity contribution in [3.8, 4) is 5.75 Å². The first-order chi connectivity index (χ1) is 17.3. The topological polar surface area (TPSA) is 206 Å². The van der Waals surface area contributed by atoms with Crippen LogP contribution in [0.15, 0.2) is 18.2 Å². The minimum Gasteiger partial charge on any atom is -0.716 e. The largest absolute Gasteiger partial charge is 1.00 e. The van der Waals surface area contributed by atoms with E-state index in [-0.39, 0.29) is 82.6 Å². The number of ether oxygens (including phenoxy) is 2. The van der Waals surface area contributed by atoms with E-state index in [2.05, 4.69) is 4.18 Å². The zero-order valence-corrected chi connectivity index (χ0v) is 26.8. The molecule has 1 aliphatic heterocycles. The maximum Gasteiger partial charge on any atom is 1.00 e. The van der Waals surface area contributed by atoms with Crippen molar-refractivity contribution in [1.82, 2.24) is 0 Å². The molecule has 0 spiro atoms. The van der Waals surface area contributed by atoms with Gasteiger partial charge in [-0.1, -0.05) is 13.0 Å². The number of carboxylic acids is 1. The first-order valence-electron chi connectivity index (χ1n) is 12.3. The molecule has 5 rings (SSSR count). The average molecular weight is 589 g/mol. The molecule has 4 N–H and O–H groups in total. The number of hydrogen-bond acceptors (Lipinski definition) is 12. The van der Waals surface area contributed by atoms with Crippen LogP contribution in [-0.4, -0.2) is 82.3 Å². The van der Waals surface area contributed by atoms with Gasteiger partial charge in [-0.3, -0.25) is 0 Å². The normalized spacial score (nSPS) is 41.2. The minimum absolute atomic E-state index is 0. The second kappa shape index (κ2) is 12.4. The number of carboxylic acid groups (broad SMARTS) is 1. The van der Waals surface area contributed by atoms with Crippen molar-refractivity contribution >= 4 is 16.4 Å². The smallest absolute Gasteiger partial charge is 0.716 e. The summed E-state index contributed by atoms with van der Waals surface area (Å²) in [4.78, 5) is 11.3. The fraction of sp³-hybridized carbons (Fsp3) is 0.708. The minimum atomic E-state index is -4.88. The predicted octanol–water partition coefficient (Wildman–Crippen LogP) is -7.70. The summed E-state index contributed by atoms with van der Waals surface area (Å²) < 4.78 is 48.5. The Morgan fingerprint density at radius 2 is 1.79 bits per heavy atom. The number of hydrogen-bond donors (Lipinski definition) is 4. The molecule has 12 nitrogen and oxygen atoms in total. The van der Waals surface area contributed by atoms with Crippen LogP contribution in [0.25, 0.3) is 0 Å². The van der Waals surface area contributed by atoms with Gasteiger partial charge in [0.25, 0.3) is 10.4 Å². The molecule has 15 heteroatoms. The maximum atomic E-state index is 11.3. The molecule has 3 fully saturated rings. The number of rotatable bonds is 5. The van der Waals surface area contributed by atoms with Crippen LogP contribution >= 0.6 is 0 Å². The van der Waals surface area contributed by atoms with Crippen molar-refractivity contribution in [1.29, 1.82) is 0 Å². The van der Waals surface area contributed by atoms with Gasteiger partial charge in [-0.15, -0.1) is 0 Å². The van der Waals surface area contributed by atoms with Crippen LogP contribution in [-0.2, 0) is 31.1 Å². The fourth-order valence-electron chi connectivity index (χ4n) is 7.15. The Hall–Kier alpha value is 0.160. The van der Waals surface area contributed by atoms with Crippen LogP contribution in [0.2, 0.25) is 0 Å². The van der Waals surface area contributed by atoms with Gasteiger partial charge in [0.15, 0.2) is 6.29 Å². The molecule has 0 radical (unpaired) electrons. The third kappa shape index (κ3) is 6.28. The zero-order chi connectivity index (χ0) is 26.9. The molecule has 1 saturated heterocycles. The van der Waals surface area contributed by atoms with E-state index in [1.807, 2.05) is 6.92 Å². The van der Waals surface area contributed by atoms with Gasteiger partial charge in [-0.25, -0.2) is 8.42 Å². The maximum absolute atomic E-state index is 11.3. The van der Waals surface area contributed by atoms with Crippen molar-refractivity contribution in [3.63, 3.8) is 0 Å². The van der Waals surface area contributed by atoms with E-state index >= 15 is 0 Å². The molecule has 4 aliphatic rings. The van der Waals surface area contributed by atoms with Crippen molar-refractivity contribution in [3.05, 3.63) is 29.3 Å². The number of aryl methyl sites for hydroxylation is 1. The van der Waals surface area contributed by atoms with Crippen LogP contribution in [0.4, 0.5) is 0 Å². The Morgan fingerprint density at radius 3 is 2.44 bits per heavy atom. The van der Waals surface area contributed by atoms with E-state index in [0.29, 0.717) is 19.3 Å². The molecule has 0 unspecified atom stereocenters. The van der Waals surface area contributed by atoms with Gasteiger partial charge in [0.1, 0.15) is 30.2 Å². The molecule has 206 valence electrons. The van der Waals surface area contributed by atoms with E-state index in [1.54, 1.807) is 12.1 Å². The van der Waals surface area contributed by atoms with Crippen LogP contribution < -0.4 is 68.4 Å². The number of fused-ring (bicyclic) bond motifs is 5. The second-order valence-electron chi connectivity index (χ2n) is 10.9. The summed E-state index contributed by atoms with van der Waals surface area (Å²) >= 11 is 0. The van der Waals surface area contributed by atoms with Gasteiger partial charge < -0.3 is 48.5 Å². The predicted molar refractivity (Wildman–Crippen MR) is 119 cm³/mol. The summed E-state index contributed by atoms with van der Waals surface area (Å²) in [6.45, 7) is 1.98. The molecule has 1 aromatic rings. The van der Waals surface area contributed by atoms with E-state index < -0.39 is 64.7 Å². The molecule has 39 heavy (non-hydrogen) atoms. The van der Waals surface area contributed by atoms with Crippen molar-refractivity contribution < 1.29 is 116 Å². The third-order valence-corrected chi connectivity index (χ3v) is 9.36. The molecule has 0 bridgehead atoms. The van der Waals surface area contributed by atoms with Crippen molar-refractivity contribution in [2.45, 2.75) is 87.9 Å². The first kappa shape index (κ1) is 33.7. The molecular weight excluding hydrogens is 558 g/mol. The van der Waals surface area contributed by atoms with Gasteiger partial charge in [-0.2, -0.15) is 0 Å². The monoisotopic (exact) mass is 588 g/mol. The third-order valence-electron chi connectivity index (χ3n) is 8.96. The number of carbonyl (C=O) groups is 1. The van der Waals surface area contributed by atoms with E-state index in [9.17, 15) is 43.3 Å². The van der Waals surface area contributed by atoms with Crippen LogP contribution in [0.5, 0.6) is 5.75 Å². The quantitative estimate of drug-likeness (QED) is 0.144. The van der Waals surface area contributed by atoms with Crippen molar-refractivity contribution in [2.24, 2.45) is 17.3 Å². The van der Waals surface area contributed by atoms with Gasteiger partial charge in [0.2, 0.25) is 0 Å². The number of benzene rings is 1. The van der Waals surface area contributed by atoms with Gasteiger partial charge >= 0.3 is 59.1 Å². The summed E-state index contributed by atoms with van der Waals surface area (Å²) in [7, 11) is -4.88. The molecular formula is C24H30Na2O12S. The summed E-state index contributed by atoms with van der Waals surface area (Å²) in [5.74, 6) is -1.45. The van der Waals surface area contributed by atoms with Crippen LogP contribution in [0.1, 0.15) is 49.7 Å². The molecule has 2 saturated carbocycles. The molecule has 0 amide bonds. The summed E-state index contributed by atoms with van der Waals surface area (Å²) in [6, 6.07) is 4.84. The number of aliphatic hydroxyl groups is 4. The zero-order valence-electron chi connectivity index (χ0n) is 22.0. The van der Waals surface area contributed by atoms with E-state index in [4.69, 9.17) is 9.47 Å². The van der Waals surface area contributed by atoms with Gasteiger partial charge in [0.05, 0.1) is 18.2 Å². The Labute approximate surface area is 270 Å². The molecule has 1 heterocycles. The fourth-order valence-corrected chi connectivity index (χ4v) is 7.49. The summed E-state index contributed by atoms with van der Waals surface area (Å²) in [5, 5.41) is 52.9. The number of aliphatic carboxylic acids is 1. The molecule has 0 aromatic heterocycles. The Kier molecular flexibility index (Phi) is 10.7. The van der Waals surface area contributed by atoms with Crippen molar-refractivity contribution in [2.75, 3.05) is 0 Å². The molecule has 1 aromatic carbocycles. The Balaban J connectivity index is 0.00000210. The summed E-state index contributed by atoms with van der Waals surface area (Å²) in [5.41, 5.74) is 1.44. The van der Waals surface area contributed by atoms with E-state index in [0.717, 1.165) is 24.0 Å².